The molecule has 0 aliphatic carbocycles. The quantitative estimate of drug-likeness (QED) is 0.235. The van der Waals surface area contributed by atoms with Crippen molar-refractivity contribution in [2.45, 2.75) is 6.42 Å². The lowest BCUT2D eigenvalue weighted by Crippen LogP contribution is -2.34. The summed E-state index contributed by atoms with van der Waals surface area (Å²) >= 11 is 4.05. The highest BCUT2D eigenvalue weighted by Gasteiger charge is 1.83. The van der Waals surface area contributed by atoms with Gasteiger partial charge < -0.3 is 5.32 Å². The maximum atomic E-state index is 4.05. The molecule has 0 fully saturated rings. The molecular weight excluding hydrogens is 146 g/mol. The molecule has 0 unspecified atom stereocenters. The Labute approximate surface area is 68.3 Å². The second kappa shape index (κ2) is 9.23. The summed E-state index contributed by atoms with van der Waals surface area (Å²) in [6.45, 7) is 2.99. The van der Waals surface area contributed by atoms with Crippen LogP contribution < -0.4 is 16.2 Å². The summed E-state index contributed by atoms with van der Waals surface area (Å²) in [5.74, 6) is 0.874. The number of hydrogen-bond donors (Lipinski definition) is 4. The fourth-order valence-corrected chi connectivity index (χ4v) is 0.698. The van der Waals surface area contributed by atoms with Crippen molar-refractivity contribution in [2.75, 3.05) is 32.4 Å². The lowest BCUT2D eigenvalue weighted by atomic mass is 10.4. The molecule has 3 nitrogen and oxygen atoms in total. The van der Waals surface area contributed by atoms with Crippen molar-refractivity contribution < 1.29 is 0 Å². The average Bonchev–Trinajstić information content (AvgIpc) is 1.97. The molecule has 0 aliphatic heterocycles. The van der Waals surface area contributed by atoms with Crippen molar-refractivity contribution in [3.05, 3.63) is 0 Å². The van der Waals surface area contributed by atoms with E-state index < -0.39 is 0 Å². The third-order valence-corrected chi connectivity index (χ3v) is 1.31. The van der Waals surface area contributed by atoms with Crippen molar-refractivity contribution in [3.8, 4) is 0 Å². The van der Waals surface area contributed by atoms with Crippen LogP contribution in [0.2, 0.25) is 0 Å². The van der Waals surface area contributed by atoms with Gasteiger partial charge in [-0.3, -0.25) is 10.9 Å². The summed E-state index contributed by atoms with van der Waals surface area (Å²) in [5.41, 5.74) is 6.12. The van der Waals surface area contributed by atoms with Gasteiger partial charge in [0, 0.05) is 18.8 Å². The number of rotatable bonds is 7. The van der Waals surface area contributed by atoms with Gasteiger partial charge in [0.05, 0.1) is 0 Å². The predicted octanol–water partition coefficient (Wildman–Crippen LogP) is -0.380. The van der Waals surface area contributed by atoms with E-state index in [0.717, 1.165) is 31.8 Å². The summed E-state index contributed by atoms with van der Waals surface area (Å²) in [5, 5.41) is 3.08. The first-order valence-electron chi connectivity index (χ1n) is 3.63. The SMILES string of the molecule is CNCCCNNCCS. The zero-order valence-corrected chi connectivity index (χ0v) is 7.38. The second-order valence-corrected chi connectivity index (χ2v) is 2.48. The van der Waals surface area contributed by atoms with Crippen LogP contribution in [0.15, 0.2) is 0 Å². The van der Waals surface area contributed by atoms with Gasteiger partial charge in [-0.1, -0.05) is 0 Å². The molecule has 0 bridgehead atoms. The molecule has 0 atom stereocenters. The first-order chi connectivity index (χ1) is 4.91. The maximum absolute atomic E-state index is 4.05. The van der Waals surface area contributed by atoms with Gasteiger partial charge in [0.2, 0.25) is 0 Å². The molecule has 0 amide bonds. The molecule has 4 heteroatoms. The summed E-state index contributed by atoms with van der Waals surface area (Å²) in [6.07, 6.45) is 1.15. The molecule has 62 valence electrons. The van der Waals surface area contributed by atoms with Gasteiger partial charge in [0.25, 0.3) is 0 Å². The van der Waals surface area contributed by atoms with Crippen LogP contribution in [0.1, 0.15) is 6.42 Å². The molecular formula is C6H17N3S. The Hall–Kier alpha value is 0.230. The van der Waals surface area contributed by atoms with E-state index in [1.807, 2.05) is 7.05 Å². The Balaban J connectivity index is 2.65. The van der Waals surface area contributed by atoms with Gasteiger partial charge in [-0.05, 0) is 20.0 Å². The minimum Gasteiger partial charge on any atom is -0.320 e. The zero-order chi connectivity index (χ0) is 7.66. The van der Waals surface area contributed by atoms with Crippen LogP contribution in [-0.4, -0.2) is 32.4 Å². The summed E-state index contributed by atoms with van der Waals surface area (Å²) in [7, 11) is 1.96. The summed E-state index contributed by atoms with van der Waals surface area (Å²) in [4.78, 5) is 0. The van der Waals surface area contributed by atoms with Crippen LogP contribution in [0.5, 0.6) is 0 Å². The summed E-state index contributed by atoms with van der Waals surface area (Å²) in [6, 6.07) is 0. The molecule has 3 N–H and O–H groups in total. The molecule has 0 aliphatic rings. The lowest BCUT2D eigenvalue weighted by molar-refractivity contribution is 0.532. The van der Waals surface area contributed by atoms with E-state index in [0.29, 0.717) is 0 Å². The van der Waals surface area contributed by atoms with Crippen molar-refractivity contribution in [2.24, 2.45) is 0 Å². The van der Waals surface area contributed by atoms with Crippen LogP contribution in [-0.2, 0) is 0 Å². The molecule has 10 heavy (non-hydrogen) atoms. The van der Waals surface area contributed by atoms with Crippen molar-refractivity contribution in [3.63, 3.8) is 0 Å². The number of thiol groups is 1. The van der Waals surface area contributed by atoms with Crippen LogP contribution in [0.3, 0.4) is 0 Å². The molecule has 0 rings (SSSR count). The highest BCUT2D eigenvalue weighted by Crippen LogP contribution is 1.69. The number of nitrogens with one attached hydrogen (secondary N) is 3. The van der Waals surface area contributed by atoms with Crippen molar-refractivity contribution in [1.29, 1.82) is 0 Å². The second-order valence-electron chi connectivity index (χ2n) is 2.03. The normalized spacial score (nSPS) is 10.2. The third-order valence-electron chi connectivity index (χ3n) is 1.09. The molecule has 0 heterocycles. The van der Waals surface area contributed by atoms with Crippen LogP contribution in [0, 0.1) is 0 Å². The molecule has 0 saturated carbocycles. The van der Waals surface area contributed by atoms with E-state index in [1.165, 1.54) is 0 Å². The average molecular weight is 163 g/mol. The molecule has 0 aromatic rings. The Bertz CT molecular complexity index is 53.0. The largest absolute Gasteiger partial charge is 0.320 e. The first kappa shape index (κ1) is 10.2. The minimum absolute atomic E-state index is 0.874. The third kappa shape index (κ3) is 8.23. The predicted molar refractivity (Wildman–Crippen MR) is 48.4 cm³/mol. The van der Waals surface area contributed by atoms with E-state index in [9.17, 15) is 0 Å². The Morgan fingerprint density at radius 3 is 2.40 bits per heavy atom. The van der Waals surface area contributed by atoms with Gasteiger partial charge in [-0.25, -0.2) is 0 Å². The zero-order valence-electron chi connectivity index (χ0n) is 6.48. The fraction of sp³-hybridized carbons (Fsp3) is 1.00. The topological polar surface area (TPSA) is 36.1 Å². The number of hydrogen-bond acceptors (Lipinski definition) is 4. The smallest absolute Gasteiger partial charge is 0.0188 e. The Morgan fingerprint density at radius 2 is 1.80 bits per heavy atom. The molecule has 0 spiro atoms. The molecule has 0 saturated heterocycles. The van der Waals surface area contributed by atoms with Gasteiger partial charge >= 0.3 is 0 Å². The van der Waals surface area contributed by atoms with E-state index in [-0.39, 0.29) is 0 Å². The lowest BCUT2D eigenvalue weighted by Gasteiger charge is -2.03. The highest BCUT2D eigenvalue weighted by molar-refractivity contribution is 7.80. The summed E-state index contributed by atoms with van der Waals surface area (Å²) < 4.78 is 0. The van der Waals surface area contributed by atoms with Gasteiger partial charge in [0.15, 0.2) is 0 Å². The monoisotopic (exact) mass is 163 g/mol. The molecule has 0 aromatic carbocycles. The van der Waals surface area contributed by atoms with Crippen LogP contribution >= 0.6 is 12.6 Å². The number of hydrazine groups is 1. The fourth-order valence-electron chi connectivity index (χ4n) is 0.586. The molecule has 0 aromatic heterocycles. The van der Waals surface area contributed by atoms with Gasteiger partial charge in [-0.15, -0.1) is 0 Å². The highest BCUT2D eigenvalue weighted by atomic mass is 32.1. The standard InChI is InChI=1S/C6H17N3S/c1-7-3-2-4-8-9-5-6-10/h7-10H,2-6H2,1H3. The van der Waals surface area contributed by atoms with Gasteiger partial charge in [0.1, 0.15) is 0 Å². The van der Waals surface area contributed by atoms with E-state index >= 15 is 0 Å². The minimum atomic E-state index is 0.874. The Kier molecular flexibility index (Phi) is 9.44. The van der Waals surface area contributed by atoms with Crippen LogP contribution in [0.4, 0.5) is 0 Å². The Morgan fingerprint density at radius 1 is 1.10 bits per heavy atom. The van der Waals surface area contributed by atoms with E-state index in [4.69, 9.17) is 0 Å². The van der Waals surface area contributed by atoms with Crippen LogP contribution in [0.25, 0.3) is 0 Å². The van der Waals surface area contributed by atoms with E-state index in [2.05, 4.69) is 28.8 Å². The van der Waals surface area contributed by atoms with Crippen molar-refractivity contribution in [1.82, 2.24) is 16.2 Å². The van der Waals surface area contributed by atoms with E-state index in [1.54, 1.807) is 0 Å². The first-order valence-corrected chi connectivity index (χ1v) is 4.26. The van der Waals surface area contributed by atoms with Crippen molar-refractivity contribution >= 4 is 12.6 Å². The molecule has 0 radical (unpaired) electrons. The maximum Gasteiger partial charge on any atom is 0.0188 e. The van der Waals surface area contributed by atoms with Gasteiger partial charge in [-0.2, -0.15) is 12.6 Å².